The van der Waals surface area contributed by atoms with Crippen LogP contribution in [-0.2, 0) is 13.1 Å². The highest BCUT2D eigenvalue weighted by molar-refractivity contribution is 5.90. The van der Waals surface area contributed by atoms with Gasteiger partial charge in [-0.2, -0.15) is 0 Å². The number of benzene rings is 2. The third kappa shape index (κ3) is 5.30. The van der Waals surface area contributed by atoms with Crippen LogP contribution in [0.25, 0.3) is 0 Å². The maximum Gasteiger partial charge on any atom is 0.319 e. The highest BCUT2D eigenvalue weighted by Gasteiger charge is 2.06. The van der Waals surface area contributed by atoms with Gasteiger partial charge in [-0.05, 0) is 37.4 Å². The molecule has 2 aromatic rings. The SMILES string of the molecule is COc1ccccc1NC(=O)NCc1ccc(CN(C)C)cc1. The van der Waals surface area contributed by atoms with Gasteiger partial charge in [-0.25, -0.2) is 4.79 Å². The molecule has 2 rings (SSSR count). The first kappa shape index (κ1) is 16.8. The van der Waals surface area contributed by atoms with Crippen molar-refractivity contribution in [2.24, 2.45) is 0 Å². The van der Waals surface area contributed by atoms with Crippen molar-refractivity contribution in [3.63, 3.8) is 0 Å². The minimum atomic E-state index is -0.258. The molecule has 0 aromatic heterocycles. The minimum Gasteiger partial charge on any atom is -0.495 e. The molecule has 23 heavy (non-hydrogen) atoms. The predicted molar refractivity (Wildman–Crippen MR) is 92.7 cm³/mol. The zero-order chi connectivity index (χ0) is 16.7. The Morgan fingerprint density at radius 3 is 2.35 bits per heavy atom. The Morgan fingerprint density at radius 2 is 1.70 bits per heavy atom. The maximum absolute atomic E-state index is 12.0. The minimum absolute atomic E-state index is 0.258. The van der Waals surface area contributed by atoms with Crippen molar-refractivity contribution in [2.75, 3.05) is 26.5 Å². The molecule has 0 saturated carbocycles. The number of hydrogen-bond acceptors (Lipinski definition) is 3. The average molecular weight is 313 g/mol. The summed E-state index contributed by atoms with van der Waals surface area (Å²) in [6.07, 6.45) is 0. The molecule has 0 saturated heterocycles. The second-order valence-electron chi connectivity index (χ2n) is 5.56. The van der Waals surface area contributed by atoms with Gasteiger partial charge in [0.1, 0.15) is 5.75 Å². The van der Waals surface area contributed by atoms with Crippen molar-refractivity contribution in [2.45, 2.75) is 13.1 Å². The molecule has 0 aliphatic rings. The summed E-state index contributed by atoms with van der Waals surface area (Å²) in [5.41, 5.74) is 2.95. The molecule has 2 N–H and O–H groups in total. The first-order valence-electron chi connectivity index (χ1n) is 7.49. The van der Waals surface area contributed by atoms with Gasteiger partial charge in [-0.1, -0.05) is 36.4 Å². The molecular formula is C18H23N3O2. The zero-order valence-electron chi connectivity index (χ0n) is 13.8. The van der Waals surface area contributed by atoms with Crippen molar-refractivity contribution in [3.8, 4) is 5.75 Å². The Balaban J connectivity index is 1.86. The molecule has 0 spiro atoms. The summed E-state index contributed by atoms with van der Waals surface area (Å²) in [4.78, 5) is 14.1. The lowest BCUT2D eigenvalue weighted by atomic mass is 10.1. The van der Waals surface area contributed by atoms with Crippen molar-refractivity contribution in [1.82, 2.24) is 10.2 Å². The molecule has 5 nitrogen and oxygen atoms in total. The highest BCUT2D eigenvalue weighted by atomic mass is 16.5. The molecule has 5 heteroatoms. The molecule has 2 aromatic carbocycles. The molecule has 0 fully saturated rings. The van der Waals surface area contributed by atoms with E-state index in [0.29, 0.717) is 18.0 Å². The molecule has 122 valence electrons. The molecule has 0 aliphatic carbocycles. The Labute approximate surface area is 137 Å². The van der Waals surface area contributed by atoms with Crippen LogP contribution in [0, 0.1) is 0 Å². The zero-order valence-corrected chi connectivity index (χ0v) is 13.8. The third-order valence-corrected chi connectivity index (χ3v) is 3.33. The normalized spacial score (nSPS) is 10.4. The Hall–Kier alpha value is -2.53. The van der Waals surface area contributed by atoms with Gasteiger partial charge >= 0.3 is 6.03 Å². The lowest BCUT2D eigenvalue weighted by Crippen LogP contribution is -2.28. The number of rotatable bonds is 6. The van der Waals surface area contributed by atoms with Gasteiger partial charge in [0, 0.05) is 13.1 Å². The molecule has 0 bridgehead atoms. The summed E-state index contributed by atoms with van der Waals surface area (Å²) in [6.45, 7) is 1.38. The summed E-state index contributed by atoms with van der Waals surface area (Å²) < 4.78 is 5.21. The monoisotopic (exact) mass is 313 g/mol. The fourth-order valence-corrected chi connectivity index (χ4v) is 2.22. The fraction of sp³-hybridized carbons (Fsp3) is 0.278. The van der Waals surface area contributed by atoms with E-state index >= 15 is 0 Å². The number of methoxy groups -OCH3 is 1. The number of carbonyl (C=O) groups is 1. The number of carbonyl (C=O) groups excluding carboxylic acids is 1. The quantitative estimate of drug-likeness (QED) is 0.862. The van der Waals surface area contributed by atoms with Gasteiger partial charge in [-0.15, -0.1) is 0 Å². The summed E-state index contributed by atoms with van der Waals surface area (Å²) in [5, 5.41) is 5.63. The van der Waals surface area contributed by atoms with Crippen LogP contribution in [0.2, 0.25) is 0 Å². The maximum atomic E-state index is 12.0. The molecule has 0 unspecified atom stereocenters. The van der Waals surface area contributed by atoms with Gasteiger partial charge in [0.25, 0.3) is 0 Å². The first-order chi connectivity index (χ1) is 11.1. The lowest BCUT2D eigenvalue weighted by molar-refractivity contribution is 0.251. The van der Waals surface area contributed by atoms with E-state index in [-0.39, 0.29) is 6.03 Å². The molecule has 0 aliphatic heterocycles. The van der Waals surface area contributed by atoms with Crippen molar-refractivity contribution in [1.29, 1.82) is 0 Å². The molecule has 0 atom stereocenters. The first-order valence-corrected chi connectivity index (χ1v) is 7.49. The Bertz CT molecular complexity index is 639. The van der Waals surface area contributed by atoms with Crippen LogP contribution in [0.3, 0.4) is 0 Å². The van der Waals surface area contributed by atoms with E-state index in [1.807, 2.05) is 38.4 Å². The van der Waals surface area contributed by atoms with Gasteiger partial charge in [0.2, 0.25) is 0 Å². The second kappa shape index (κ2) is 8.19. The van der Waals surface area contributed by atoms with Crippen molar-refractivity contribution >= 4 is 11.7 Å². The molecular weight excluding hydrogens is 290 g/mol. The van der Waals surface area contributed by atoms with E-state index in [1.54, 1.807) is 19.2 Å². The van der Waals surface area contributed by atoms with Gasteiger partial charge in [-0.3, -0.25) is 0 Å². The number of hydrogen-bond donors (Lipinski definition) is 2. The van der Waals surface area contributed by atoms with Crippen LogP contribution >= 0.6 is 0 Å². The van der Waals surface area contributed by atoms with Gasteiger partial charge < -0.3 is 20.3 Å². The van der Waals surface area contributed by atoms with Crippen molar-refractivity contribution < 1.29 is 9.53 Å². The Kier molecular flexibility index (Phi) is 6.00. The highest BCUT2D eigenvalue weighted by Crippen LogP contribution is 2.22. The van der Waals surface area contributed by atoms with Crippen LogP contribution in [0.15, 0.2) is 48.5 Å². The standard InChI is InChI=1S/C18H23N3O2/c1-21(2)13-15-10-8-14(9-11-15)12-19-18(22)20-16-6-4-5-7-17(16)23-3/h4-11H,12-13H2,1-3H3,(H2,19,20,22). The van der Waals surface area contributed by atoms with Gasteiger partial charge in [0.05, 0.1) is 12.8 Å². The van der Waals surface area contributed by atoms with Crippen LogP contribution < -0.4 is 15.4 Å². The molecule has 0 radical (unpaired) electrons. The number of urea groups is 1. The smallest absolute Gasteiger partial charge is 0.319 e. The summed E-state index contributed by atoms with van der Waals surface area (Å²) in [7, 11) is 5.66. The number of nitrogens with one attached hydrogen (secondary N) is 2. The van der Waals surface area contributed by atoms with E-state index in [4.69, 9.17) is 4.74 Å². The third-order valence-electron chi connectivity index (χ3n) is 3.33. The topological polar surface area (TPSA) is 53.6 Å². The van der Waals surface area contributed by atoms with Crippen LogP contribution in [0.1, 0.15) is 11.1 Å². The predicted octanol–water partition coefficient (Wildman–Crippen LogP) is 3.08. The summed E-state index contributed by atoms with van der Waals surface area (Å²) >= 11 is 0. The van der Waals surface area contributed by atoms with Gasteiger partial charge in [0.15, 0.2) is 0 Å². The summed E-state index contributed by atoms with van der Waals surface area (Å²) in [5.74, 6) is 0.635. The van der Waals surface area contributed by atoms with Crippen LogP contribution in [0.5, 0.6) is 5.75 Å². The fourth-order valence-electron chi connectivity index (χ4n) is 2.22. The molecule has 2 amide bonds. The average Bonchev–Trinajstić information content (AvgIpc) is 2.54. The van der Waals surface area contributed by atoms with E-state index in [2.05, 4.69) is 27.7 Å². The largest absolute Gasteiger partial charge is 0.495 e. The van der Waals surface area contributed by atoms with Crippen molar-refractivity contribution in [3.05, 3.63) is 59.7 Å². The van der Waals surface area contributed by atoms with Crippen LogP contribution in [0.4, 0.5) is 10.5 Å². The lowest BCUT2D eigenvalue weighted by Gasteiger charge is -2.12. The number of anilines is 1. The van der Waals surface area contributed by atoms with E-state index < -0.39 is 0 Å². The number of ether oxygens (including phenoxy) is 1. The van der Waals surface area contributed by atoms with E-state index in [0.717, 1.165) is 12.1 Å². The van der Waals surface area contributed by atoms with Crippen LogP contribution in [-0.4, -0.2) is 32.1 Å². The van der Waals surface area contributed by atoms with E-state index in [1.165, 1.54) is 5.56 Å². The number of amides is 2. The number of nitrogens with zero attached hydrogens (tertiary/aromatic N) is 1. The number of para-hydroxylation sites is 2. The Morgan fingerprint density at radius 1 is 1.04 bits per heavy atom. The van der Waals surface area contributed by atoms with E-state index in [9.17, 15) is 4.79 Å². The summed E-state index contributed by atoms with van der Waals surface area (Å²) in [6, 6.07) is 15.3. The molecule has 0 heterocycles. The second-order valence-corrected chi connectivity index (χ2v) is 5.56.